The van der Waals surface area contributed by atoms with Gasteiger partial charge in [0.2, 0.25) is 29.5 Å². The molecule has 2 atom stereocenters. The first kappa shape index (κ1) is 52.3. The molecule has 1 saturated heterocycles. The average Bonchev–Trinajstić information content (AvgIpc) is 3.40. The summed E-state index contributed by atoms with van der Waals surface area (Å²) in [7, 11) is 0. The van der Waals surface area contributed by atoms with Crippen LogP contribution in [0.25, 0.3) is 0 Å². The minimum absolute atomic E-state index is 0.0611. The van der Waals surface area contributed by atoms with Crippen LogP contribution < -0.4 is 16.0 Å². The molecule has 0 saturated carbocycles. The first-order valence-corrected chi connectivity index (χ1v) is 20.6. The number of hydrogen-bond donors (Lipinski definition) is 3. The van der Waals surface area contributed by atoms with Crippen molar-refractivity contribution in [1.82, 2.24) is 20.9 Å². The summed E-state index contributed by atoms with van der Waals surface area (Å²) >= 11 is 1.48. The largest absolute Gasteiger partial charge is 0.379 e. The Kier molecular flexibility index (Phi) is 29.5. The first-order chi connectivity index (χ1) is 27.2. The van der Waals surface area contributed by atoms with Crippen molar-refractivity contribution in [2.75, 3.05) is 125 Å². The standard InChI is InChI=1S/C38H68N4O14S/c1-29(2)35(36(47)40-28-30(3)43)41-33(45)8-11-49-13-15-51-17-19-53-21-23-55-25-26-56-24-22-54-20-18-52-16-14-50-12-9-39-32(44)7-10-42-34(46)27-31(37(42)48)57-38(4,5)6/h29,31,35H,7-28H2,1-6H3,(H,39,44)(H,40,47)(H,41,45). The second-order valence-corrected chi connectivity index (χ2v) is 16.3. The molecule has 2 unspecified atom stereocenters. The van der Waals surface area contributed by atoms with Gasteiger partial charge >= 0.3 is 0 Å². The van der Waals surface area contributed by atoms with E-state index >= 15 is 0 Å². The summed E-state index contributed by atoms with van der Waals surface area (Å²) in [5.74, 6) is -1.68. The van der Waals surface area contributed by atoms with Crippen LogP contribution in [0.4, 0.5) is 0 Å². The molecule has 0 radical (unpaired) electrons. The Morgan fingerprint density at radius 2 is 1.11 bits per heavy atom. The zero-order chi connectivity index (χ0) is 42.3. The van der Waals surface area contributed by atoms with E-state index in [2.05, 4.69) is 16.0 Å². The molecule has 0 aromatic rings. The number of hydrogen-bond acceptors (Lipinski definition) is 15. The lowest BCUT2D eigenvalue weighted by Crippen LogP contribution is -2.50. The van der Waals surface area contributed by atoms with E-state index in [0.717, 1.165) is 0 Å². The summed E-state index contributed by atoms with van der Waals surface area (Å²) in [5, 5.41) is 7.56. The highest BCUT2D eigenvalue weighted by atomic mass is 32.2. The van der Waals surface area contributed by atoms with Crippen molar-refractivity contribution >= 4 is 47.1 Å². The van der Waals surface area contributed by atoms with E-state index in [9.17, 15) is 28.8 Å². The van der Waals surface area contributed by atoms with Gasteiger partial charge in [0, 0.05) is 37.1 Å². The molecule has 330 valence electrons. The van der Waals surface area contributed by atoms with Gasteiger partial charge in [0.25, 0.3) is 0 Å². The molecule has 1 rings (SSSR count). The topological polar surface area (TPSA) is 216 Å². The molecule has 5 amide bonds. The fourth-order valence-electron chi connectivity index (χ4n) is 4.88. The fraction of sp³-hybridized carbons (Fsp3) is 0.842. The molecule has 3 N–H and O–H groups in total. The molecular formula is C38H68N4O14S. The lowest BCUT2D eigenvalue weighted by Gasteiger charge is -2.21. The zero-order valence-electron chi connectivity index (χ0n) is 34.9. The maximum Gasteiger partial charge on any atom is 0.243 e. The van der Waals surface area contributed by atoms with Crippen LogP contribution in [0.3, 0.4) is 0 Å². The van der Waals surface area contributed by atoms with E-state index in [1.54, 1.807) is 0 Å². The van der Waals surface area contributed by atoms with Gasteiger partial charge < -0.3 is 53.8 Å². The lowest BCUT2D eigenvalue weighted by molar-refractivity contribution is -0.138. The molecule has 1 aliphatic heterocycles. The highest BCUT2D eigenvalue weighted by molar-refractivity contribution is 8.01. The van der Waals surface area contributed by atoms with Crippen molar-refractivity contribution in [1.29, 1.82) is 0 Å². The number of carbonyl (C=O) groups excluding carboxylic acids is 6. The first-order valence-electron chi connectivity index (χ1n) is 19.7. The molecule has 0 bridgehead atoms. The van der Waals surface area contributed by atoms with Crippen LogP contribution in [0.5, 0.6) is 0 Å². The van der Waals surface area contributed by atoms with Gasteiger partial charge in [-0.25, -0.2) is 0 Å². The molecule has 18 nitrogen and oxygen atoms in total. The van der Waals surface area contributed by atoms with E-state index in [1.807, 2.05) is 34.6 Å². The number of imide groups is 1. The van der Waals surface area contributed by atoms with Gasteiger partial charge in [0.1, 0.15) is 11.8 Å². The molecule has 0 aliphatic carbocycles. The van der Waals surface area contributed by atoms with Gasteiger partial charge in [-0.2, -0.15) is 0 Å². The molecule has 1 heterocycles. The Labute approximate surface area is 342 Å². The number of carbonyl (C=O) groups is 6. The maximum absolute atomic E-state index is 12.5. The van der Waals surface area contributed by atoms with E-state index in [1.165, 1.54) is 23.6 Å². The summed E-state index contributed by atoms with van der Waals surface area (Å²) in [6, 6.07) is -0.721. The highest BCUT2D eigenvalue weighted by Gasteiger charge is 2.40. The predicted molar refractivity (Wildman–Crippen MR) is 212 cm³/mol. The van der Waals surface area contributed by atoms with Crippen molar-refractivity contribution < 1.29 is 66.7 Å². The Balaban J connectivity index is 1.80. The van der Waals surface area contributed by atoms with Crippen molar-refractivity contribution in [3.63, 3.8) is 0 Å². The third-order valence-electron chi connectivity index (χ3n) is 7.68. The normalized spacial score (nSPS) is 15.0. The number of nitrogens with one attached hydrogen (secondary N) is 3. The molecule has 1 aliphatic rings. The number of Topliss-reactive ketones (excluding diaryl/α,β-unsaturated/α-hetero) is 1. The Morgan fingerprint density at radius 3 is 1.53 bits per heavy atom. The van der Waals surface area contributed by atoms with Crippen molar-refractivity contribution in [2.45, 2.75) is 76.8 Å². The molecule has 19 heteroatoms. The number of ketones is 1. The average molecular weight is 837 g/mol. The Morgan fingerprint density at radius 1 is 0.667 bits per heavy atom. The number of likely N-dealkylation sites (tertiary alicyclic amines) is 1. The molecule has 0 spiro atoms. The third-order valence-corrected chi connectivity index (χ3v) is 9.04. The summed E-state index contributed by atoms with van der Waals surface area (Å²) < 4.78 is 43.5. The number of nitrogens with zero attached hydrogens (tertiary/aromatic N) is 1. The monoisotopic (exact) mass is 836 g/mol. The maximum atomic E-state index is 12.5. The van der Waals surface area contributed by atoms with Gasteiger partial charge in [-0.1, -0.05) is 34.6 Å². The minimum Gasteiger partial charge on any atom is -0.379 e. The van der Waals surface area contributed by atoms with Crippen molar-refractivity contribution in [2.24, 2.45) is 5.92 Å². The quantitative estimate of drug-likeness (QED) is 0.0580. The second-order valence-electron chi connectivity index (χ2n) is 14.3. The molecule has 0 aromatic carbocycles. The van der Waals surface area contributed by atoms with Gasteiger partial charge in [0.15, 0.2) is 0 Å². The predicted octanol–water partition coefficient (Wildman–Crippen LogP) is 0.521. The summed E-state index contributed by atoms with van der Waals surface area (Å²) in [5.41, 5.74) is 0. The summed E-state index contributed by atoms with van der Waals surface area (Å²) in [6.07, 6.45) is 0.344. The van der Waals surface area contributed by atoms with E-state index in [-0.39, 0.29) is 90.2 Å². The molecule has 0 aromatic heterocycles. The second kappa shape index (κ2) is 32.1. The lowest BCUT2D eigenvalue weighted by atomic mass is 10.0. The SMILES string of the molecule is CC(=O)CNC(=O)C(NC(=O)CCOCCOCCOCCOCCOCCOCCOCCOCCNC(=O)CCN1C(=O)CC(SC(C)(C)C)C1=O)C(C)C. The van der Waals surface area contributed by atoms with E-state index < -0.39 is 6.04 Å². The van der Waals surface area contributed by atoms with Crippen LogP contribution in [-0.4, -0.2) is 182 Å². The van der Waals surface area contributed by atoms with E-state index in [0.29, 0.717) is 106 Å². The highest BCUT2D eigenvalue weighted by Crippen LogP contribution is 2.34. The molecule has 57 heavy (non-hydrogen) atoms. The van der Waals surface area contributed by atoms with Crippen LogP contribution in [0.1, 0.15) is 60.8 Å². The number of rotatable bonds is 36. The van der Waals surface area contributed by atoms with Gasteiger partial charge in [0.05, 0.1) is 118 Å². The summed E-state index contributed by atoms with van der Waals surface area (Å²) in [4.78, 5) is 73.5. The van der Waals surface area contributed by atoms with Gasteiger partial charge in [-0.05, 0) is 12.8 Å². The number of thioether (sulfide) groups is 1. The fourth-order valence-corrected chi connectivity index (χ4v) is 6.19. The van der Waals surface area contributed by atoms with Crippen LogP contribution >= 0.6 is 11.8 Å². The number of ether oxygens (including phenoxy) is 8. The van der Waals surface area contributed by atoms with Crippen LogP contribution in [0.2, 0.25) is 0 Å². The molecular weight excluding hydrogens is 768 g/mol. The minimum atomic E-state index is -0.721. The van der Waals surface area contributed by atoms with Gasteiger partial charge in [-0.3, -0.25) is 33.7 Å². The smallest absolute Gasteiger partial charge is 0.243 e. The zero-order valence-corrected chi connectivity index (χ0v) is 35.7. The third kappa shape index (κ3) is 28.3. The van der Waals surface area contributed by atoms with Crippen molar-refractivity contribution in [3.8, 4) is 0 Å². The van der Waals surface area contributed by atoms with Gasteiger partial charge in [-0.15, -0.1) is 11.8 Å². The van der Waals surface area contributed by atoms with Crippen LogP contribution in [-0.2, 0) is 66.7 Å². The van der Waals surface area contributed by atoms with E-state index in [4.69, 9.17) is 37.9 Å². The number of amides is 5. The van der Waals surface area contributed by atoms with Crippen LogP contribution in [0, 0.1) is 5.92 Å². The Bertz CT molecular complexity index is 1170. The van der Waals surface area contributed by atoms with Crippen LogP contribution in [0.15, 0.2) is 0 Å². The van der Waals surface area contributed by atoms with Crippen molar-refractivity contribution in [3.05, 3.63) is 0 Å². The Hall–Kier alpha value is -2.75. The molecule has 1 fully saturated rings. The summed E-state index contributed by atoms with van der Waals surface area (Å²) in [6.45, 7) is 17.6.